The summed E-state index contributed by atoms with van der Waals surface area (Å²) in [5.74, 6) is 0.782. The lowest BCUT2D eigenvalue weighted by molar-refractivity contribution is -0.104. The zero-order chi connectivity index (χ0) is 16.6. The van der Waals surface area contributed by atoms with Crippen molar-refractivity contribution in [2.24, 2.45) is 0 Å². The second-order valence-corrected chi connectivity index (χ2v) is 5.38. The molecular formula is C22H18O2. The van der Waals surface area contributed by atoms with E-state index < -0.39 is 0 Å². The van der Waals surface area contributed by atoms with Crippen LogP contribution in [0.4, 0.5) is 0 Å². The molecule has 2 nitrogen and oxygen atoms in total. The first kappa shape index (κ1) is 15.8. The molecule has 24 heavy (non-hydrogen) atoms. The number of hydrogen-bond acceptors (Lipinski definition) is 2. The summed E-state index contributed by atoms with van der Waals surface area (Å²) in [5.41, 5.74) is 3.97. The Balaban J connectivity index is 1.83. The molecule has 0 bridgehead atoms. The number of rotatable bonds is 6. The van der Waals surface area contributed by atoms with Crippen LogP contribution < -0.4 is 4.74 Å². The Morgan fingerprint density at radius 1 is 0.792 bits per heavy atom. The van der Waals surface area contributed by atoms with Crippen LogP contribution in [0.15, 0.2) is 91.0 Å². The number of aldehydes is 1. The number of benzene rings is 3. The van der Waals surface area contributed by atoms with Crippen LogP contribution in [0.25, 0.3) is 5.57 Å². The molecule has 0 unspecified atom stereocenters. The van der Waals surface area contributed by atoms with E-state index in [1.807, 2.05) is 84.9 Å². The van der Waals surface area contributed by atoms with Gasteiger partial charge in [0.15, 0.2) is 0 Å². The molecule has 0 amide bonds. The van der Waals surface area contributed by atoms with Crippen molar-refractivity contribution in [3.8, 4) is 5.75 Å². The summed E-state index contributed by atoms with van der Waals surface area (Å²) in [6.45, 7) is 0.516. The Hall–Kier alpha value is -3.13. The topological polar surface area (TPSA) is 26.3 Å². The highest BCUT2D eigenvalue weighted by Gasteiger charge is 2.06. The fraction of sp³-hybridized carbons (Fsp3) is 0.0455. The highest BCUT2D eigenvalue weighted by Crippen LogP contribution is 2.26. The lowest BCUT2D eigenvalue weighted by Crippen LogP contribution is -1.96. The third-order valence-corrected chi connectivity index (χ3v) is 3.71. The Morgan fingerprint density at radius 2 is 1.46 bits per heavy atom. The van der Waals surface area contributed by atoms with E-state index in [1.54, 1.807) is 6.08 Å². The van der Waals surface area contributed by atoms with Crippen LogP contribution in [0.5, 0.6) is 5.75 Å². The summed E-state index contributed by atoms with van der Waals surface area (Å²) in [5, 5.41) is 0. The minimum Gasteiger partial charge on any atom is -0.489 e. The first-order valence-electron chi connectivity index (χ1n) is 7.85. The molecule has 0 heterocycles. The smallest absolute Gasteiger partial charge is 0.143 e. The van der Waals surface area contributed by atoms with Gasteiger partial charge >= 0.3 is 0 Å². The summed E-state index contributed by atoms with van der Waals surface area (Å²) in [4.78, 5) is 11.0. The zero-order valence-electron chi connectivity index (χ0n) is 13.3. The van der Waals surface area contributed by atoms with Crippen molar-refractivity contribution in [3.63, 3.8) is 0 Å². The molecule has 0 aromatic heterocycles. The minimum absolute atomic E-state index is 0.516. The quantitative estimate of drug-likeness (QED) is 0.478. The Labute approximate surface area is 142 Å². The summed E-state index contributed by atoms with van der Waals surface area (Å²) in [7, 11) is 0. The molecule has 0 N–H and O–H groups in total. The molecule has 0 aliphatic heterocycles. The van der Waals surface area contributed by atoms with E-state index in [4.69, 9.17) is 4.74 Å². The van der Waals surface area contributed by atoms with Gasteiger partial charge in [-0.3, -0.25) is 4.79 Å². The minimum atomic E-state index is 0.516. The highest BCUT2D eigenvalue weighted by molar-refractivity contribution is 5.89. The van der Waals surface area contributed by atoms with Gasteiger partial charge in [-0.1, -0.05) is 72.8 Å². The number of hydrogen-bond donors (Lipinski definition) is 0. The second kappa shape index (κ2) is 7.93. The second-order valence-electron chi connectivity index (χ2n) is 5.38. The number of ether oxygens (including phenoxy) is 1. The molecule has 0 aliphatic rings. The first-order valence-corrected chi connectivity index (χ1v) is 7.85. The monoisotopic (exact) mass is 314 g/mol. The van der Waals surface area contributed by atoms with Crippen molar-refractivity contribution in [1.29, 1.82) is 0 Å². The van der Waals surface area contributed by atoms with E-state index in [9.17, 15) is 4.79 Å². The van der Waals surface area contributed by atoms with E-state index in [1.165, 1.54) is 0 Å². The van der Waals surface area contributed by atoms with E-state index in [2.05, 4.69) is 0 Å². The molecule has 0 saturated heterocycles. The van der Waals surface area contributed by atoms with Gasteiger partial charge in [-0.2, -0.15) is 0 Å². The summed E-state index contributed by atoms with van der Waals surface area (Å²) in [6.07, 6.45) is 2.41. The highest BCUT2D eigenvalue weighted by atomic mass is 16.5. The molecule has 3 aromatic carbocycles. The molecular weight excluding hydrogens is 296 g/mol. The molecule has 2 heteroatoms. The van der Waals surface area contributed by atoms with Crippen LogP contribution in [0.1, 0.15) is 16.7 Å². The largest absolute Gasteiger partial charge is 0.489 e. The van der Waals surface area contributed by atoms with Gasteiger partial charge in [0, 0.05) is 0 Å². The number of carbonyl (C=O) groups is 1. The van der Waals surface area contributed by atoms with Crippen LogP contribution >= 0.6 is 0 Å². The van der Waals surface area contributed by atoms with E-state index in [0.717, 1.165) is 34.3 Å². The predicted octanol–water partition coefficient (Wildman–Crippen LogP) is 4.90. The van der Waals surface area contributed by atoms with Crippen LogP contribution in [-0.2, 0) is 11.4 Å². The van der Waals surface area contributed by atoms with Gasteiger partial charge in [0.2, 0.25) is 0 Å². The SMILES string of the molecule is O=C/C=C(/c1ccccc1)c1cccc(OCc2ccccc2)c1. The predicted molar refractivity (Wildman–Crippen MR) is 96.8 cm³/mol. The third kappa shape index (κ3) is 3.99. The normalized spacial score (nSPS) is 11.1. The van der Waals surface area contributed by atoms with Crippen molar-refractivity contribution >= 4 is 11.9 Å². The van der Waals surface area contributed by atoms with Gasteiger partial charge in [-0.05, 0) is 40.5 Å². The molecule has 0 radical (unpaired) electrons. The van der Waals surface area contributed by atoms with Gasteiger partial charge in [-0.15, -0.1) is 0 Å². The lowest BCUT2D eigenvalue weighted by atomic mass is 9.97. The maximum Gasteiger partial charge on any atom is 0.143 e. The molecule has 0 fully saturated rings. The van der Waals surface area contributed by atoms with Gasteiger partial charge in [0.05, 0.1) is 0 Å². The Morgan fingerprint density at radius 3 is 2.17 bits per heavy atom. The average Bonchev–Trinajstić information content (AvgIpc) is 2.66. The first-order chi connectivity index (χ1) is 11.9. The molecule has 0 saturated carbocycles. The van der Waals surface area contributed by atoms with Crippen molar-refractivity contribution < 1.29 is 9.53 Å². The van der Waals surface area contributed by atoms with Crippen LogP contribution in [0, 0.1) is 0 Å². The third-order valence-electron chi connectivity index (χ3n) is 3.71. The van der Waals surface area contributed by atoms with Crippen molar-refractivity contribution in [2.45, 2.75) is 6.61 Å². The van der Waals surface area contributed by atoms with Gasteiger partial charge < -0.3 is 4.74 Å². The standard InChI is InChI=1S/C22H18O2/c23-15-14-22(19-10-5-2-6-11-19)20-12-7-13-21(16-20)24-17-18-8-3-1-4-9-18/h1-16H,17H2/b22-14-. The van der Waals surface area contributed by atoms with Gasteiger partial charge in [0.1, 0.15) is 18.6 Å². The average molecular weight is 314 g/mol. The molecule has 0 spiro atoms. The molecule has 3 aromatic rings. The number of carbonyl (C=O) groups excluding carboxylic acids is 1. The van der Waals surface area contributed by atoms with E-state index in [0.29, 0.717) is 6.61 Å². The Bertz CT molecular complexity index is 821. The summed E-state index contributed by atoms with van der Waals surface area (Å²) < 4.78 is 5.88. The van der Waals surface area contributed by atoms with Crippen molar-refractivity contribution in [2.75, 3.05) is 0 Å². The summed E-state index contributed by atoms with van der Waals surface area (Å²) >= 11 is 0. The fourth-order valence-corrected chi connectivity index (χ4v) is 2.54. The molecule has 0 aliphatic carbocycles. The Kier molecular flexibility index (Phi) is 5.21. The van der Waals surface area contributed by atoms with Crippen molar-refractivity contribution in [3.05, 3.63) is 108 Å². The maximum atomic E-state index is 11.0. The van der Waals surface area contributed by atoms with Gasteiger partial charge in [0.25, 0.3) is 0 Å². The fourth-order valence-electron chi connectivity index (χ4n) is 2.54. The van der Waals surface area contributed by atoms with Crippen LogP contribution in [-0.4, -0.2) is 6.29 Å². The van der Waals surface area contributed by atoms with Crippen molar-refractivity contribution in [1.82, 2.24) is 0 Å². The van der Waals surface area contributed by atoms with E-state index >= 15 is 0 Å². The van der Waals surface area contributed by atoms with Crippen LogP contribution in [0.3, 0.4) is 0 Å². The molecule has 3 rings (SSSR count). The van der Waals surface area contributed by atoms with Gasteiger partial charge in [-0.25, -0.2) is 0 Å². The summed E-state index contributed by atoms with van der Waals surface area (Å²) in [6, 6.07) is 27.7. The lowest BCUT2D eigenvalue weighted by Gasteiger charge is -2.11. The maximum absolute atomic E-state index is 11.0. The van der Waals surface area contributed by atoms with Crippen LogP contribution in [0.2, 0.25) is 0 Å². The molecule has 0 atom stereocenters. The van der Waals surface area contributed by atoms with E-state index in [-0.39, 0.29) is 0 Å². The zero-order valence-corrected chi connectivity index (χ0v) is 13.3. The molecule has 118 valence electrons. The number of allylic oxidation sites excluding steroid dienone is 1.